The van der Waals surface area contributed by atoms with Crippen molar-refractivity contribution >= 4 is 34.5 Å². The third-order valence-corrected chi connectivity index (χ3v) is 3.79. The van der Waals surface area contributed by atoms with Crippen LogP contribution in [0.25, 0.3) is 0 Å². The monoisotopic (exact) mass is 265 g/mol. The molecule has 2 rings (SSSR count). The number of thiophene rings is 1. The Hall–Kier alpha value is -1.32. The van der Waals surface area contributed by atoms with Crippen molar-refractivity contribution in [2.45, 2.75) is 13.8 Å². The molecule has 0 saturated carbocycles. The zero-order valence-electron chi connectivity index (χ0n) is 9.58. The van der Waals surface area contributed by atoms with Gasteiger partial charge in [0.2, 0.25) is 0 Å². The van der Waals surface area contributed by atoms with Crippen LogP contribution in [0.4, 0.5) is 5.69 Å². The summed E-state index contributed by atoms with van der Waals surface area (Å²) in [5.74, 6) is -0.156. The van der Waals surface area contributed by atoms with Crippen molar-refractivity contribution in [2.75, 3.05) is 5.32 Å². The van der Waals surface area contributed by atoms with Crippen molar-refractivity contribution in [1.29, 1.82) is 0 Å². The summed E-state index contributed by atoms with van der Waals surface area (Å²) in [6.07, 6.45) is 0. The normalized spacial score (nSPS) is 10.3. The number of benzene rings is 1. The Bertz CT molecular complexity index is 562. The number of anilines is 1. The number of hydrogen-bond acceptors (Lipinski definition) is 2. The quantitative estimate of drug-likeness (QED) is 0.863. The first-order valence-electron chi connectivity index (χ1n) is 5.19. The fraction of sp³-hybridized carbons (Fsp3) is 0.154. The van der Waals surface area contributed by atoms with Crippen LogP contribution < -0.4 is 5.32 Å². The highest BCUT2D eigenvalue weighted by Crippen LogP contribution is 2.24. The zero-order chi connectivity index (χ0) is 12.4. The maximum Gasteiger partial charge on any atom is 0.267 e. The molecule has 0 atom stereocenters. The molecule has 17 heavy (non-hydrogen) atoms. The molecule has 1 heterocycles. The fourth-order valence-corrected chi connectivity index (χ4v) is 2.62. The van der Waals surface area contributed by atoms with Crippen molar-refractivity contribution in [3.8, 4) is 0 Å². The maximum absolute atomic E-state index is 11.9. The SMILES string of the molecule is Cc1ccc(NC(=O)c2sccc2Cl)c(C)c1. The number of hydrogen-bond donors (Lipinski definition) is 1. The summed E-state index contributed by atoms with van der Waals surface area (Å²) in [5.41, 5.74) is 3.05. The van der Waals surface area contributed by atoms with E-state index in [0.29, 0.717) is 9.90 Å². The molecule has 88 valence electrons. The largest absolute Gasteiger partial charge is 0.321 e. The first-order chi connectivity index (χ1) is 8.08. The summed E-state index contributed by atoms with van der Waals surface area (Å²) in [7, 11) is 0. The van der Waals surface area contributed by atoms with Gasteiger partial charge >= 0.3 is 0 Å². The van der Waals surface area contributed by atoms with E-state index >= 15 is 0 Å². The first kappa shape index (κ1) is 12.1. The second-order valence-corrected chi connectivity index (χ2v) is 5.19. The predicted octanol–water partition coefficient (Wildman–Crippen LogP) is 4.27. The Morgan fingerprint density at radius 2 is 2.06 bits per heavy atom. The van der Waals surface area contributed by atoms with Gasteiger partial charge in [-0.1, -0.05) is 29.3 Å². The van der Waals surface area contributed by atoms with E-state index in [1.54, 1.807) is 11.4 Å². The van der Waals surface area contributed by atoms with E-state index in [2.05, 4.69) is 5.32 Å². The van der Waals surface area contributed by atoms with Crippen molar-refractivity contribution in [3.63, 3.8) is 0 Å². The number of rotatable bonds is 2. The first-order valence-corrected chi connectivity index (χ1v) is 6.45. The van der Waals surface area contributed by atoms with E-state index in [1.807, 2.05) is 32.0 Å². The summed E-state index contributed by atoms with van der Waals surface area (Å²) in [4.78, 5) is 12.5. The van der Waals surface area contributed by atoms with E-state index < -0.39 is 0 Å². The fourth-order valence-electron chi connectivity index (χ4n) is 1.59. The minimum absolute atomic E-state index is 0.156. The van der Waals surface area contributed by atoms with Gasteiger partial charge in [-0.05, 0) is 36.9 Å². The number of nitrogens with one attached hydrogen (secondary N) is 1. The van der Waals surface area contributed by atoms with Crippen molar-refractivity contribution < 1.29 is 4.79 Å². The highest BCUT2D eigenvalue weighted by atomic mass is 35.5. The van der Waals surface area contributed by atoms with E-state index in [4.69, 9.17) is 11.6 Å². The molecule has 0 unspecified atom stereocenters. The smallest absolute Gasteiger partial charge is 0.267 e. The molecule has 0 radical (unpaired) electrons. The molecule has 0 bridgehead atoms. The van der Waals surface area contributed by atoms with Gasteiger partial charge in [0.15, 0.2) is 0 Å². The highest BCUT2D eigenvalue weighted by Gasteiger charge is 2.12. The molecule has 0 saturated heterocycles. The van der Waals surface area contributed by atoms with Gasteiger partial charge in [-0.15, -0.1) is 11.3 Å². The third kappa shape index (κ3) is 2.68. The molecule has 1 amide bonds. The molecule has 0 aliphatic rings. The molecular formula is C13H12ClNOS. The van der Waals surface area contributed by atoms with Crippen LogP contribution in [0.3, 0.4) is 0 Å². The number of aryl methyl sites for hydroxylation is 2. The standard InChI is InChI=1S/C13H12ClNOS/c1-8-3-4-11(9(2)7-8)15-13(16)12-10(14)5-6-17-12/h3-7H,1-2H3,(H,15,16). The van der Waals surface area contributed by atoms with Gasteiger partial charge in [0.25, 0.3) is 5.91 Å². The second kappa shape index (κ2) is 4.90. The summed E-state index contributed by atoms with van der Waals surface area (Å²) in [5, 5.41) is 5.17. The van der Waals surface area contributed by atoms with Gasteiger partial charge in [-0.3, -0.25) is 4.79 Å². The Labute approximate surface area is 109 Å². The van der Waals surface area contributed by atoms with Gasteiger partial charge in [0.05, 0.1) is 5.02 Å². The lowest BCUT2D eigenvalue weighted by Gasteiger charge is -2.08. The van der Waals surface area contributed by atoms with Crippen LogP contribution in [-0.2, 0) is 0 Å². The van der Waals surface area contributed by atoms with Gasteiger partial charge in [-0.2, -0.15) is 0 Å². The molecule has 1 N–H and O–H groups in total. The zero-order valence-corrected chi connectivity index (χ0v) is 11.2. The van der Waals surface area contributed by atoms with Crippen molar-refractivity contribution in [3.05, 3.63) is 50.7 Å². The Balaban J connectivity index is 2.22. The van der Waals surface area contributed by atoms with Crippen molar-refractivity contribution in [1.82, 2.24) is 0 Å². The van der Waals surface area contributed by atoms with E-state index in [1.165, 1.54) is 16.9 Å². The Morgan fingerprint density at radius 3 is 2.65 bits per heavy atom. The molecule has 0 spiro atoms. The lowest BCUT2D eigenvalue weighted by molar-refractivity contribution is 0.103. The van der Waals surface area contributed by atoms with Crippen LogP contribution in [0.15, 0.2) is 29.6 Å². The topological polar surface area (TPSA) is 29.1 Å². The summed E-state index contributed by atoms with van der Waals surface area (Å²) < 4.78 is 0. The number of halogens is 1. The molecular weight excluding hydrogens is 254 g/mol. The lowest BCUT2D eigenvalue weighted by Crippen LogP contribution is -2.11. The molecule has 0 fully saturated rings. The van der Waals surface area contributed by atoms with E-state index in [-0.39, 0.29) is 5.91 Å². The molecule has 2 aromatic rings. The average Bonchev–Trinajstić information content (AvgIpc) is 2.68. The Morgan fingerprint density at radius 1 is 1.29 bits per heavy atom. The van der Waals surface area contributed by atoms with Crippen LogP contribution in [-0.4, -0.2) is 5.91 Å². The van der Waals surface area contributed by atoms with Gasteiger partial charge in [-0.25, -0.2) is 0 Å². The molecule has 1 aromatic carbocycles. The minimum Gasteiger partial charge on any atom is -0.321 e. The lowest BCUT2D eigenvalue weighted by atomic mass is 10.1. The maximum atomic E-state index is 11.9. The van der Waals surface area contributed by atoms with Crippen LogP contribution in [0.2, 0.25) is 5.02 Å². The van der Waals surface area contributed by atoms with Crippen LogP contribution >= 0.6 is 22.9 Å². The minimum atomic E-state index is -0.156. The number of carbonyl (C=O) groups is 1. The van der Waals surface area contributed by atoms with Gasteiger partial charge in [0.1, 0.15) is 4.88 Å². The molecule has 4 heteroatoms. The summed E-state index contributed by atoms with van der Waals surface area (Å²) in [6.45, 7) is 3.99. The summed E-state index contributed by atoms with van der Waals surface area (Å²) >= 11 is 7.26. The van der Waals surface area contributed by atoms with Crippen molar-refractivity contribution in [2.24, 2.45) is 0 Å². The van der Waals surface area contributed by atoms with E-state index in [0.717, 1.165) is 11.3 Å². The highest BCUT2D eigenvalue weighted by molar-refractivity contribution is 7.12. The van der Waals surface area contributed by atoms with Crippen LogP contribution in [0.1, 0.15) is 20.8 Å². The average molecular weight is 266 g/mol. The molecule has 2 nitrogen and oxygen atoms in total. The Kier molecular flexibility index (Phi) is 3.50. The number of carbonyl (C=O) groups excluding carboxylic acids is 1. The van der Waals surface area contributed by atoms with E-state index in [9.17, 15) is 4.79 Å². The summed E-state index contributed by atoms with van der Waals surface area (Å²) in [6, 6.07) is 7.64. The molecule has 0 aliphatic heterocycles. The molecule has 1 aromatic heterocycles. The predicted molar refractivity (Wildman–Crippen MR) is 73.2 cm³/mol. The third-order valence-electron chi connectivity index (χ3n) is 2.45. The van der Waals surface area contributed by atoms with Gasteiger partial charge in [0, 0.05) is 5.69 Å². The van der Waals surface area contributed by atoms with Gasteiger partial charge < -0.3 is 5.32 Å². The van der Waals surface area contributed by atoms with Crippen LogP contribution in [0.5, 0.6) is 0 Å². The molecule has 0 aliphatic carbocycles. The second-order valence-electron chi connectivity index (χ2n) is 3.87. The van der Waals surface area contributed by atoms with Crippen LogP contribution in [0, 0.1) is 13.8 Å². The number of amides is 1.